The number of amides is 3. The van der Waals surface area contributed by atoms with Crippen LogP contribution in [0.3, 0.4) is 0 Å². The number of hydrogen-bond acceptors (Lipinski definition) is 7. The number of hydrogen-bond donors (Lipinski definition) is 7. The molecule has 2 heterocycles. The SMILES string of the molecule is COC(=O)Nc1nc2ccc(Cl)cc2[nH]1.Nc1ccc(Cl)cc1N.O=C(NCc1cc(Cl)cc(Cl)c1)Nc1nc2ccc(Cl)cc2[nH]1. The number of imidazole rings is 2. The minimum atomic E-state index is -0.569. The molecule has 0 bridgehead atoms. The number of rotatable bonds is 4. The lowest BCUT2D eigenvalue weighted by Gasteiger charge is -2.06. The molecular formula is C30H26Cl5N9O3. The molecule has 0 spiro atoms. The number of carbonyl (C=O) groups excluding carboxylic acids is 2. The van der Waals surface area contributed by atoms with Gasteiger partial charge < -0.3 is 31.5 Å². The molecule has 9 N–H and O–H groups in total. The summed E-state index contributed by atoms with van der Waals surface area (Å²) in [5.41, 5.74) is 15.7. The summed E-state index contributed by atoms with van der Waals surface area (Å²) in [7, 11) is 1.29. The highest BCUT2D eigenvalue weighted by atomic mass is 35.5. The van der Waals surface area contributed by atoms with E-state index < -0.39 is 12.1 Å². The molecule has 17 heteroatoms. The van der Waals surface area contributed by atoms with Crippen LogP contribution in [0.4, 0.5) is 32.9 Å². The van der Waals surface area contributed by atoms with Gasteiger partial charge in [-0.15, -0.1) is 0 Å². The van der Waals surface area contributed by atoms with Gasteiger partial charge in [0.1, 0.15) is 0 Å². The predicted octanol–water partition coefficient (Wildman–Crippen LogP) is 8.74. The fraction of sp³-hybridized carbons (Fsp3) is 0.0667. The molecule has 12 nitrogen and oxygen atoms in total. The first-order valence-corrected chi connectivity index (χ1v) is 15.2. The van der Waals surface area contributed by atoms with E-state index in [1.807, 2.05) is 0 Å². The Kier molecular flexibility index (Phi) is 12.2. The van der Waals surface area contributed by atoms with Crippen molar-refractivity contribution in [3.05, 3.63) is 103 Å². The summed E-state index contributed by atoms with van der Waals surface area (Å²) in [6.07, 6.45) is -0.569. The van der Waals surface area contributed by atoms with Gasteiger partial charge >= 0.3 is 12.1 Å². The van der Waals surface area contributed by atoms with Crippen LogP contribution in [0.2, 0.25) is 25.1 Å². The maximum atomic E-state index is 11.9. The molecule has 4 aromatic carbocycles. The quantitative estimate of drug-likeness (QED) is 0.0881. The van der Waals surface area contributed by atoms with Gasteiger partial charge in [-0.3, -0.25) is 10.6 Å². The number of nitrogen functional groups attached to an aromatic ring is 2. The first kappa shape index (κ1) is 35.3. The number of anilines is 4. The van der Waals surface area contributed by atoms with E-state index in [4.69, 9.17) is 69.5 Å². The van der Waals surface area contributed by atoms with Crippen molar-refractivity contribution >= 4 is 115 Å². The molecule has 0 saturated carbocycles. The largest absolute Gasteiger partial charge is 0.453 e. The normalized spacial score (nSPS) is 10.3. The van der Waals surface area contributed by atoms with Gasteiger partial charge in [0.15, 0.2) is 0 Å². The summed E-state index contributed by atoms with van der Waals surface area (Å²) in [6, 6.07) is 20.2. The van der Waals surface area contributed by atoms with Crippen LogP contribution < -0.4 is 27.4 Å². The van der Waals surface area contributed by atoms with E-state index >= 15 is 0 Å². The molecule has 47 heavy (non-hydrogen) atoms. The van der Waals surface area contributed by atoms with E-state index in [0.717, 1.165) is 22.1 Å². The Hall–Kier alpha value is -4.59. The molecule has 0 aliphatic heterocycles. The van der Waals surface area contributed by atoms with Gasteiger partial charge in [0.05, 0.1) is 40.6 Å². The summed E-state index contributed by atoms with van der Waals surface area (Å²) in [6.45, 7) is 0.290. The van der Waals surface area contributed by atoms with Crippen LogP contribution in [0.5, 0.6) is 0 Å². The van der Waals surface area contributed by atoms with Crippen LogP contribution in [0, 0.1) is 0 Å². The highest BCUT2D eigenvalue weighted by Gasteiger charge is 2.08. The third-order valence-electron chi connectivity index (χ3n) is 5.95. The number of nitrogens with zero attached hydrogens (tertiary/aromatic N) is 2. The number of carbonyl (C=O) groups is 2. The lowest BCUT2D eigenvalue weighted by molar-refractivity contribution is 0.186. The Balaban J connectivity index is 0.000000178. The Labute approximate surface area is 293 Å². The van der Waals surface area contributed by atoms with Crippen LogP contribution >= 0.6 is 58.0 Å². The predicted molar refractivity (Wildman–Crippen MR) is 191 cm³/mol. The van der Waals surface area contributed by atoms with Gasteiger partial charge in [-0.1, -0.05) is 58.0 Å². The van der Waals surface area contributed by atoms with Gasteiger partial charge in [-0.25, -0.2) is 19.6 Å². The highest BCUT2D eigenvalue weighted by Crippen LogP contribution is 2.22. The number of aromatic nitrogens is 4. The zero-order valence-corrected chi connectivity index (χ0v) is 28.1. The van der Waals surface area contributed by atoms with Gasteiger partial charge in [-0.05, 0) is 78.4 Å². The van der Waals surface area contributed by atoms with Crippen molar-refractivity contribution in [3.63, 3.8) is 0 Å². The molecule has 0 aliphatic rings. The number of halogens is 5. The second-order valence-electron chi connectivity index (χ2n) is 9.47. The summed E-state index contributed by atoms with van der Waals surface area (Å²) in [5, 5.41) is 10.6. The zero-order chi connectivity index (χ0) is 34.1. The maximum absolute atomic E-state index is 11.9. The average Bonchev–Trinajstić information content (AvgIpc) is 3.60. The zero-order valence-electron chi connectivity index (χ0n) is 24.3. The van der Waals surface area contributed by atoms with E-state index in [1.165, 1.54) is 7.11 Å². The fourth-order valence-corrected chi connectivity index (χ4v) is 4.92. The van der Waals surface area contributed by atoms with Gasteiger partial charge in [0.2, 0.25) is 11.9 Å². The Morgan fingerprint density at radius 3 is 1.70 bits per heavy atom. The molecule has 0 saturated heterocycles. The first-order chi connectivity index (χ1) is 22.4. The molecule has 0 aliphatic carbocycles. The molecule has 0 atom stereocenters. The summed E-state index contributed by atoms with van der Waals surface area (Å²) < 4.78 is 4.44. The average molecular weight is 738 g/mol. The number of fused-ring (bicyclic) bond motifs is 2. The minimum absolute atomic E-state index is 0.290. The van der Waals surface area contributed by atoms with Crippen LogP contribution in [-0.2, 0) is 11.3 Å². The number of aromatic amines is 2. The second kappa shape index (κ2) is 16.3. The number of H-pyrrole nitrogens is 2. The summed E-state index contributed by atoms with van der Waals surface area (Å²) >= 11 is 29.1. The van der Waals surface area contributed by atoms with Crippen molar-refractivity contribution in [2.24, 2.45) is 0 Å². The number of nitrogens with one attached hydrogen (secondary N) is 5. The summed E-state index contributed by atoms with van der Waals surface area (Å²) in [4.78, 5) is 37.1. The monoisotopic (exact) mass is 735 g/mol. The molecule has 3 amide bonds. The van der Waals surface area contributed by atoms with Crippen molar-refractivity contribution in [3.8, 4) is 0 Å². The van der Waals surface area contributed by atoms with Gasteiger partial charge in [0.25, 0.3) is 0 Å². The van der Waals surface area contributed by atoms with Crippen molar-refractivity contribution in [2.45, 2.75) is 6.54 Å². The van der Waals surface area contributed by atoms with Crippen LogP contribution in [0.25, 0.3) is 22.1 Å². The standard InChI is InChI=1S/C15H11Cl3N4O.C9H8ClN3O2.C6H7ClN2/c16-9-1-2-12-13(6-9)21-14(20-12)22-15(23)19-7-8-3-10(17)5-11(18)4-8;1-15-9(14)13-8-11-6-3-2-5(10)4-7(6)12-8;7-4-1-2-5(8)6(9)3-4/h1-6H,7H2,(H3,19,20,21,22,23);2-4H,1H3,(H2,11,12,13,14);1-3H,8-9H2. The van der Waals surface area contributed by atoms with E-state index in [9.17, 15) is 9.59 Å². The van der Waals surface area contributed by atoms with E-state index in [0.29, 0.717) is 53.9 Å². The van der Waals surface area contributed by atoms with Gasteiger partial charge in [0, 0.05) is 31.7 Å². The smallest absolute Gasteiger partial charge is 0.413 e. The molecule has 2 aromatic heterocycles. The lowest BCUT2D eigenvalue weighted by Crippen LogP contribution is -2.28. The Morgan fingerprint density at radius 2 is 1.19 bits per heavy atom. The van der Waals surface area contributed by atoms with E-state index in [-0.39, 0.29) is 6.54 Å². The Morgan fingerprint density at radius 1 is 0.681 bits per heavy atom. The lowest BCUT2D eigenvalue weighted by atomic mass is 10.2. The van der Waals surface area contributed by atoms with Crippen LogP contribution in [0.15, 0.2) is 72.8 Å². The third-order valence-corrected chi connectivity index (χ3v) is 7.09. The number of methoxy groups -OCH3 is 1. The van der Waals surface area contributed by atoms with Crippen LogP contribution in [0.1, 0.15) is 5.56 Å². The number of urea groups is 1. The Bertz CT molecular complexity index is 2010. The molecule has 244 valence electrons. The number of nitrogens with two attached hydrogens (primary N) is 2. The van der Waals surface area contributed by atoms with Gasteiger partial charge in [-0.2, -0.15) is 0 Å². The van der Waals surface area contributed by atoms with Crippen molar-refractivity contribution in [1.29, 1.82) is 0 Å². The molecule has 0 unspecified atom stereocenters. The molecule has 0 radical (unpaired) electrons. The summed E-state index contributed by atoms with van der Waals surface area (Å²) in [5.74, 6) is 0.669. The van der Waals surface area contributed by atoms with Crippen LogP contribution in [-0.4, -0.2) is 39.2 Å². The van der Waals surface area contributed by atoms with Crippen molar-refractivity contribution in [2.75, 3.05) is 29.2 Å². The van der Waals surface area contributed by atoms with E-state index in [1.54, 1.807) is 72.8 Å². The molecule has 6 aromatic rings. The highest BCUT2D eigenvalue weighted by molar-refractivity contribution is 6.34. The minimum Gasteiger partial charge on any atom is -0.453 e. The molecule has 6 rings (SSSR count). The number of benzene rings is 4. The molecular weight excluding hydrogens is 712 g/mol. The topological polar surface area (TPSA) is 189 Å². The first-order valence-electron chi connectivity index (χ1n) is 13.3. The molecule has 0 fully saturated rings. The van der Waals surface area contributed by atoms with Crippen molar-refractivity contribution < 1.29 is 14.3 Å². The van der Waals surface area contributed by atoms with E-state index in [2.05, 4.69) is 40.6 Å². The maximum Gasteiger partial charge on any atom is 0.413 e. The third kappa shape index (κ3) is 10.7. The van der Waals surface area contributed by atoms with Crippen molar-refractivity contribution in [1.82, 2.24) is 25.3 Å². The second-order valence-corrected chi connectivity index (χ2v) is 11.7. The fourth-order valence-electron chi connectivity index (χ4n) is 3.82. The number of ether oxygens (including phenoxy) is 1.